The molecule has 6 heteroatoms. The third kappa shape index (κ3) is 3.88. The summed E-state index contributed by atoms with van der Waals surface area (Å²) in [5.74, 6) is 0.872. The summed E-state index contributed by atoms with van der Waals surface area (Å²) in [4.78, 5) is 34.5. The lowest BCUT2D eigenvalue weighted by Gasteiger charge is -2.35. The van der Waals surface area contributed by atoms with Gasteiger partial charge < -0.3 is 14.4 Å². The maximum atomic E-state index is 13.2. The van der Waals surface area contributed by atoms with E-state index in [0.29, 0.717) is 50.0 Å². The number of hydrogen-bond acceptors (Lipinski definition) is 4. The first-order valence-electron chi connectivity index (χ1n) is 10.1. The fourth-order valence-electron chi connectivity index (χ4n) is 3.82. The number of hydrogen-bond donors (Lipinski definition) is 0. The van der Waals surface area contributed by atoms with Gasteiger partial charge in [-0.3, -0.25) is 9.59 Å². The molecule has 1 aliphatic rings. The molecule has 3 aromatic rings. The van der Waals surface area contributed by atoms with Crippen molar-refractivity contribution in [2.45, 2.75) is 20.4 Å². The summed E-state index contributed by atoms with van der Waals surface area (Å²) >= 11 is 0. The first-order valence-corrected chi connectivity index (χ1v) is 10.1. The van der Waals surface area contributed by atoms with Crippen LogP contribution in [0.4, 0.5) is 5.82 Å². The topological polar surface area (TPSA) is 58.4 Å². The van der Waals surface area contributed by atoms with Crippen LogP contribution in [0, 0.1) is 5.92 Å². The molecule has 0 spiro atoms. The fraction of sp³-hybridized carbons (Fsp3) is 0.348. The number of fused-ring (bicyclic) bond motifs is 1. The zero-order valence-electron chi connectivity index (χ0n) is 16.9. The number of carbonyl (C=O) groups is 1. The Morgan fingerprint density at radius 3 is 2.31 bits per heavy atom. The Labute approximate surface area is 170 Å². The van der Waals surface area contributed by atoms with Crippen molar-refractivity contribution in [3.63, 3.8) is 0 Å². The second kappa shape index (κ2) is 8.07. The maximum absolute atomic E-state index is 13.2. The van der Waals surface area contributed by atoms with Crippen molar-refractivity contribution >= 4 is 22.8 Å². The number of piperazine rings is 1. The summed E-state index contributed by atoms with van der Waals surface area (Å²) in [6.45, 7) is 7.21. The monoisotopic (exact) mass is 390 g/mol. The quantitative estimate of drug-likeness (QED) is 0.687. The third-order valence-electron chi connectivity index (χ3n) is 5.27. The van der Waals surface area contributed by atoms with Gasteiger partial charge in [0.15, 0.2) is 5.82 Å². The molecule has 2 aromatic carbocycles. The molecule has 1 amide bonds. The van der Waals surface area contributed by atoms with Crippen molar-refractivity contribution in [1.82, 2.24) is 14.5 Å². The van der Waals surface area contributed by atoms with Crippen LogP contribution in [0.25, 0.3) is 11.0 Å². The Morgan fingerprint density at radius 2 is 1.62 bits per heavy atom. The second-order valence-corrected chi connectivity index (χ2v) is 7.88. The van der Waals surface area contributed by atoms with E-state index >= 15 is 0 Å². The maximum Gasteiger partial charge on any atom is 0.294 e. The van der Waals surface area contributed by atoms with Gasteiger partial charge in [-0.2, -0.15) is 0 Å². The number of benzene rings is 2. The van der Waals surface area contributed by atoms with Crippen LogP contribution < -0.4 is 10.5 Å². The number of carbonyl (C=O) groups excluding carboxylic acids is 1. The number of anilines is 1. The molecule has 4 rings (SSSR count). The van der Waals surface area contributed by atoms with Gasteiger partial charge in [0.25, 0.3) is 11.5 Å². The van der Waals surface area contributed by atoms with Crippen LogP contribution in [0.15, 0.2) is 59.4 Å². The summed E-state index contributed by atoms with van der Waals surface area (Å²) in [6, 6.07) is 17.1. The molecule has 0 atom stereocenters. The Balaban J connectivity index is 1.59. The van der Waals surface area contributed by atoms with E-state index in [0.717, 1.165) is 11.0 Å². The van der Waals surface area contributed by atoms with E-state index in [1.165, 1.54) is 0 Å². The Hall–Kier alpha value is -3.15. The molecule has 29 heavy (non-hydrogen) atoms. The number of nitrogens with zero attached hydrogens (tertiary/aromatic N) is 4. The van der Waals surface area contributed by atoms with Gasteiger partial charge in [0, 0.05) is 38.3 Å². The van der Waals surface area contributed by atoms with Gasteiger partial charge in [0.05, 0.1) is 11.0 Å². The van der Waals surface area contributed by atoms with Crippen LogP contribution in [0.1, 0.15) is 24.2 Å². The summed E-state index contributed by atoms with van der Waals surface area (Å²) < 4.78 is 1.84. The van der Waals surface area contributed by atoms with Crippen LogP contribution in [0.3, 0.4) is 0 Å². The lowest BCUT2D eigenvalue weighted by Crippen LogP contribution is -2.50. The number of aromatic nitrogens is 2. The van der Waals surface area contributed by atoms with E-state index in [1.54, 1.807) is 0 Å². The SMILES string of the molecule is CC(C)Cn1c(=O)c(N2CCN(C(=O)c3ccccc3)CC2)nc2ccccc21. The molecule has 1 aliphatic heterocycles. The standard InChI is InChI=1S/C23H26N4O2/c1-17(2)16-27-20-11-7-6-10-19(20)24-21(23(27)29)25-12-14-26(15-13-25)22(28)18-8-4-3-5-9-18/h3-11,17H,12-16H2,1-2H3. The summed E-state index contributed by atoms with van der Waals surface area (Å²) in [5, 5.41) is 0. The minimum atomic E-state index is -0.0553. The van der Waals surface area contributed by atoms with Crippen LogP contribution in [0.5, 0.6) is 0 Å². The first-order chi connectivity index (χ1) is 14.0. The zero-order valence-corrected chi connectivity index (χ0v) is 16.9. The van der Waals surface area contributed by atoms with Crippen molar-refractivity contribution < 1.29 is 4.79 Å². The Bertz CT molecular complexity index is 1070. The molecule has 0 aliphatic carbocycles. The molecular weight excluding hydrogens is 364 g/mol. The van der Waals surface area contributed by atoms with E-state index in [2.05, 4.69) is 18.8 Å². The average molecular weight is 390 g/mol. The van der Waals surface area contributed by atoms with Gasteiger partial charge in [-0.05, 0) is 30.2 Å². The van der Waals surface area contributed by atoms with Gasteiger partial charge in [-0.15, -0.1) is 0 Å². The lowest BCUT2D eigenvalue weighted by molar-refractivity contribution is 0.0746. The molecule has 1 fully saturated rings. The van der Waals surface area contributed by atoms with Gasteiger partial charge >= 0.3 is 0 Å². The van der Waals surface area contributed by atoms with E-state index in [9.17, 15) is 9.59 Å². The smallest absolute Gasteiger partial charge is 0.294 e. The zero-order chi connectivity index (χ0) is 20.4. The predicted molar refractivity (Wildman–Crippen MR) is 115 cm³/mol. The average Bonchev–Trinajstić information content (AvgIpc) is 2.75. The van der Waals surface area contributed by atoms with Crippen molar-refractivity contribution in [1.29, 1.82) is 0 Å². The van der Waals surface area contributed by atoms with Crippen LogP contribution in [-0.4, -0.2) is 46.5 Å². The van der Waals surface area contributed by atoms with E-state index in [4.69, 9.17) is 0 Å². The second-order valence-electron chi connectivity index (χ2n) is 7.88. The highest BCUT2D eigenvalue weighted by Gasteiger charge is 2.25. The highest BCUT2D eigenvalue weighted by atomic mass is 16.2. The van der Waals surface area contributed by atoms with E-state index < -0.39 is 0 Å². The normalized spacial score (nSPS) is 14.6. The minimum absolute atomic E-state index is 0.0361. The number of para-hydroxylation sites is 2. The highest BCUT2D eigenvalue weighted by Crippen LogP contribution is 2.18. The molecule has 6 nitrogen and oxygen atoms in total. The van der Waals surface area contributed by atoms with Crippen molar-refractivity contribution in [3.05, 3.63) is 70.5 Å². The molecule has 0 unspecified atom stereocenters. The summed E-state index contributed by atoms with van der Waals surface area (Å²) in [7, 11) is 0. The minimum Gasteiger partial charge on any atom is -0.348 e. The molecule has 0 radical (unpaired) electrons. The molecule has 0 N–H and O–H groups in total. The summed E-state index contributed by atoms with van der Waals surface area (Å²) in [6.07, 6.45) is 0. The number of amides is 1. The third-order valence-corrected chi connectivity index (χ3v) is 5.27. The van der Waals surface area contributed by atoms with Gasteiger partial charge in [-0.1, -0.05) is 44.2 Å². The molecule has 2 heterocycles. The van der Waals surface area contributed by atoms with Crippen LogP contribution in [-0.2, 0) is 6.54 Å². The molecule has 0 saturated carbocycles. The first kappa shape index (κ1) is 19.2. The van der Waals surface area contributed by atoms with Crippen LogP contribution >= 0.6 is 0 Å². The molecular formula is C23H26N4O2. The Morgan fingerprint density at radius 1 is 0.966 bits per heavy atom. The fourth-order valence-corrected chi connectivity index (χ4v) is 3.82. The largest absolute Gasteiger partial charge is 0.348 e. The van der Waals surface area contributed by atoms with Gasteiger partial charge in [0.1, 0.15) is 0 Å². The summed E-state index contributed by atoms with van der Waals surface area (Å²) in [5.41, 5.74) is 2.34. The molecule has 150 valence electrons. The highest BCUT2D eigenvalue weighted by molar-refractivity contribution is 5.94. The van der Waals surface area contributed by atoms with Crippen molar-refractivity contribution in [2.24, 2.45) is 5.92 Å². The molecule has 1 saturated heterocycles. The molecule has 0 bridgehead atoms. The van der Waals surface area contributed by atoms with E-state index in [-0.39, 0.29) is 11.5 Å². The van der Waals surface area contributed by atoms with Crippen molar-refractivity contribution in [3.8, 4) is 0 Å². The van der Waals surface area contributed by atoms with E-state index in [1.807, 2.05) is 69.0 Å². The van der Waals surface area contributed by atoms with Gasteiger partial charge in [-0.25, -0.2) is 4.98 Å². The van der Waals surface area contributed by atoms with Gasteiger partial charge in [0.2, 0.25) is 0 Å². The van der Waals surface area contributed by atoms with Crippen molar-refractivity contribution in [2.75, 3.05) is 31.1 Å². The van der Waals surface area contributed by atoms with Crippen LogP contribution in [0.2, 0.25) is 0 Å². The predicted octanol–water partition coefficient (Wildman–Crippen LogP) is 3.01. The Kier molecular flexibility index (Phi) is 5.34. The molecule has 1 aromatic heterocycles. The number of rotatable bonds is 4. The lowest BCUT2D eigenvalue weighted by atomic mass is 10.2.